The minimum Gasteiger partial charge on any atom is -0.450 e. The molecule has 0 saturated heterocycles. The summed E-state index contributed by atoms with van der Waals surface area (Å²) in [5, 5.41) is 10.8. The summed E-state index contributed by atoms with van der Waals surface area (Å²) in [6.07, 6.45) is -1.23. The lowest BCUT2D eigenvalue weighted by atomic mass is 10.2. The first kappa shape index (κ1) is 19.8. The Morgan fingerprint density at radius 3 is 2.33 bits per heavy atom. The molecule has 1 aromatic rings. The molecule has 0 aliphatic rings. The van der Waals surface area contributed by atoms with Crippen LogP contribution in [0.2, 0.25) is 0 Å². The van der Waals surface area contributed by atoms with E-state index in [0.717, 1.165) is 0 Å². The molecule has 10 heteroatoms. The highest BCUT2D eigenvalue weighted by Crippen LogP contribution is 2.22. The van der Waals surface area contributed by atoms with Crippen molar-refractivity contribution in [3.05, 3.63) is 24.3 Å². The SMILES string of the molecule is CCOC(=O)NC(=S)Nc1ccccc1NC(S)NC(=O)OCC. The van der Waals surface area contributed by atoms with Crippen molar-refractivity contribution in [3.63, 3.8) is 0 Å². The van der Waals surface area contributed by atoms with Gasteiger partial charge in [-0.05, 0) is 38.2 Å². The predicted molar refractivity (Wildman–Crippen MR) is 99.4 cm³/mol. The number of thiol groups is 1. The van der Waals surface area contributed by atoms with Crippen LogP contribution in [-0.4, -0.2) is 36.0 Å². The highest BCUT2D eigenvalue weighted by Gasteiger charge is 2.11. The van der Waals surface area contributed by atoms with Crippen molar-refractivity contribution < 1.29 is 19.1 Å². The molecule has 0 aliphatic heterocycles. The number of benzene rings is 1. The van der Waals surface area contributed by atoms with Crippen LogP contribution in [0.5, 0.6) is 0 Å². The van der Waals surface area contributed by atoms with Gasteiger partial charge in [0, 0.05) is 0 Å². The summed E-state index contributed by atoms with van der Waals surface area (Å²) in [6, 6.07) is 7.07. The molecule has 1 rings (SSSR count). The number of rotatable bonds is 6. The van der Waals surface area contributed by atoms with E-state index in [2.05, 4.69) is 33.9 Å². The number of para-hydroxylation sites is 2. The number of anilines is 2. The van der Waals surface area contributed by atoms with Crippen molar-refractivity contribution in [1.82, 2.24) is 10.6 Å². The lowest BCUT2D eigenvalue weighted by Crippen LogP contribution is -2.37. The summed E-state index contributed by atoms with van der Waals surface area (Å²) >= 11 is 9.27. The first-order chi connectivity index (χ1) is 11.5. The molecule has 24 heavy (non-hydrogen) atoms. The van der Waals surface area contributed by atoms with Gasteiger partial charge in [0.05, 0.1) is 24.6 Å². The minimum absolute atomic E-state index is 0.0803. The Morgan fingerprint density at radius 1 is 1.12 bits per heavy atom. The van der Waals surface area contributed by atoms with Crippen LogP contribution in [0, 0.1) is 0 Å². The van der Waals surface area contributed by atoms with Crippen molar-refractivity contribution in [2.75, 3.05) is 23.8 Å². The fourth-order valence-electron chi connectivity index (χ4n) is 1.60. The zero-order valence-electron chi connectivity index (χ0n) is 13.3. The lowest BCUT2D eigenvalue weighted by molar-refractivity contribution is 0.152. The summed E-state index contributed by atoms with van der Waals surface area (Å²) in [6.45, 7) is 3.90. The monoisotopic (exact) mass is 372 g/mol. The zero-order valence-corrected chi connectivity index (χ0v) is 15.0. The van der Waals surface area contributed by atoms with E-state index < -0.39 is 17.7 Å². The average molecular weight is 372 g/mol. The largest absolute Gasteiger partial charge is 0.450 e. The lowest BCUT2D eigenvalue weighted by Gasteiger charge is -2.19. The van der Waals surface area contributed by atoms with E-state index in [9.17, 15) is 9.59 Å². The number of hydrogen-bond acceptors (Lipinski definition) is 7. The molecule has 4 N–H and O–H groups in total. The van der Waals surface area contributed by atoms with Gasteiger partial charge in [0.15, 0.2) is 5.11 Å². The third kappa shape index (κ3) is 7.38. The number of ether oxygens (including phenoxy) is 2. The van der Waals surface area contributed by atoms with Gasteiger partial charge in [-0.15, -0.1) is 12.6 Å². The van der Waals surface area contributed by atoms with Gasteiger partial charge in [-0.25, -0.2) is 9.59 Å². The quantitative estimate of drug-likeness (QED) is 0.297. The normalized spacial score (nSPS) is 11.0. The van der Waals surface area contributed by atoms with Crippen LogP contribution >= 0.6 is 24.8 Å². The van der Waals surface area contributed by atoms with E-state index in [-0.39, 0.29) is 18.3 Å². The van der Waals surface area contributed by atoms with E-state index in [4.69, 9.17) is 21.7 Å². The molecule has 0 aliphatic carbocycles. The molecular formula is C14H20N4O4S2. The van der Waals surface area contributed by atoms with Gasteiger partial charge in [-0.3, -0.25) is 10.6 Å². The Kier molecular flexibility index (Phi) is 8.72. The fraction of sp³-hybridized carbons (Fsp3) is 0.357. The molecule has 0 bridgehead atoms. The van der Waals surface area contributed by atoms with Crippen molar-refractivity contribution in [2.24, 2.45) is 0 Å². The Morgan fingerprint density at radius 2 is 1.71 bits per heavy atom. The molecule has 0 radical (unpaired) electrons. The second-order valence-corrected chi connectivity index (χ2v) is 5.18. The third-order valence-electron chi connectivity index (χ3n) is 2.49. The molecule has 8 nitrogen and oxygen atoms in total. The number of carbonyl (C=O) groups excluding carboxylic acids is 2. The molecule has 0 saturated carbocycles. The third-order valence-corrected chi connectivity index (χ3v) is 2.95. The summed E-state index contributed by atoms with van der Waals surface area (Å²) in [5.74, 6) is 0. The van der Waals surface area contributed by atoms with Crippen LogP contribution in [0.3, 0.4) is 0 Å². The maximum atomic E-state index is 11.4. The molecule has 0 fully saturated rings. The van der Waals surface area contributed by atoms with Crippen molar-refractivity contribution in [1.29, 1.82) is 0 Å². The standard InChI is InChI=1S/C14H20N4O4S2/c1-3-21-13(19)17-11(23)15-9-7-5-6-8-10(9)16-12(24)18-14(20)22-4-2/h5-8,11,15,23H,3-4H2,1-2H3,(H,17,19)(H2,16,18,20,24). The van der Waals surface area contributed by atoms with Crippen LogP contribution in [0.4, 0.5) is 21.0 Å². The Labute approximate surface area is 151 Å². The number of thiocarbonyl (C=S) groups is 1. The van der Waals surface area contributed by atoms with E-state index >= 15 is 0 Å². The van der Waals surface area contributed by atoms with E-state index in [1.807, 2.05) is 0 Å². The zero-order chi connectivity index (χ0) is 17.9. The minimum atomic E-state index is -0.682. The summed E-state index contributed by atoms with van der Waals surface area (Å²) in [5.41, 5.74) is 0.518. The van der Waals surface area contributed by atoms with E-state index in [0.29, 0.717) is 11.4 Å². The van der Waals surface area contributed by atoms with Gasteiger partial charge in [-0.2, -0.15) is 0 Å². The fourth-order valence-corrected chi connectivity index (χ4v) is 2.04. The maximum absolute atomic E-state index is 11.4. The van der Waals surface area contributed by atoms with Gasteiger partial charge in [0.1, 0.15) is 5.50 Å². The topological polar surface area (TPSA) is 101 Å². The van der Waals surface area contributed by atoms with Gasteiger partial charge in [0.2, 0.25) is 0 Å². The van der Waals surface area contributed by atoms with Crippen LogP contribution in [-0.2, 0) is 9.47 Å². The van der Waals surface area contributed by atoms with E-state index in [1.54, 1.807) is 38.1 Å². The summed E-state index contributed by atoms with van der Waals surface area (Å²) in [7, 11) is 0. The first-order valence-corrected chi connectivity index (χ1v) is 8.10. The Balaban J connectivity index is 2.65. The second-order valence-electron chi connectivity index (χ2n) is 4.26. The van der Waals surface area contributed by atoms with Crippen molar-refractivity contribution in [2.45, 2.75) is 19.3 Å². The molecule has 0 heterocycles. The van der Waals surface area contributed by atoms with Crippen LogP contribution in [0.15, 0.2) is 24.3 Å². The predicted octanol–water partition coefficient (Wildman–Crippen LogP) is 2.50. The molecule has 0 aromatic heterocycles. The second kappa shape index (κ2) is 10.6. The Bertz CT molecular complexity index is 586. The van der Waals surface area contributed by atoms with Crippen LogP contribution in [0.1, 0.15) is 13.8 Å². The molecular weight excluding hydrogens is 352 g/mol. The van der Waals surface area contributed by atoms with Gasteiger partial charge in [0.25, 0.3) is 0 Å². The molecule has 0 spiro atoms. The average Bonchev–Trinajstić information content (AvgIpc) is 2.49. The van der Waals surface area contributed by atoms with Crippen molar-refractivity contribution >= 4 is 53.5 Å². The molecule has 1 aromatic carbocycles. The number of carbonyl (C=O) groups is 2. The molecule has 2 amide bonds. The van der Waals surface area contributed by atoms with Gasteiger partial charge >= 0.3 is 12.2 Å². The van der Waals surface area contributed by atoms with Crippen LogP contribution < -0.4 is 21.3 Å². The number of amides is 2. The number of nitrogens with one attached hydrogen (secondary N) is 4. The van der Waals surface area contributed by atoms with Gasteiger partial charge in [-0.1, -0.05) is 12.1 Å². The van der Waals surface area contributed by atoms with Crippen molar-refractivity contribution in [3.8, 4) is 0 Å². The van der Waals surface area contributed by atoms with E-state index in [1.165, 1.54) is 0 Å². The summed E-state index contributed by atoms with van der Waals surface area (Å²) in [4.78, 5) is 22.7. The highest BCUT2D eigenvalue weighted by atomic mass is 32.1. The Hall–Kier alpha value is -2.20. The van der Waals surface area contributed by atoms with Gasteiger partial charge < -0.3 is 20.1 Å². The van der Waals surface area contributed by atoms with Crippen LogP contribution in [0.25, 0.3) is 0 Å². The maximum Gasteiger partial charge on any atom is 0.413 e. The number of hydrogen-bond donors (Lipinski definition) is 5. The molecule has 132 valence electrons. The smallest absolute Gasteiger partial charge is 0.413 e. The highest BCUT2D eigenvalue weighted by molar-refractivity contribution is 7.81. The summed E-state index contributed by atoms with van der Waals surface area (Å²) < 4.78 is 9.52. The molecule has 1 unspecified atom stereocenters. The number of alkyl carbamates (subject to hydrolysis) is 2. The first-order valence-electron chi connectivity index (χ1n) is 7.18. The molecule has 1 atom stereocenters.